The molecule has 0 radical (unpaired) electrons. The van der Waals surface area contributed by atoms with Crippen molar-refractivity contribution >= 4 is 17.7 Å². The Balaban J connectivity index is 3.20. The first-order valence-corrected chi connectivity index (χ1v) is 11.3. The number of carbonyl (C=O) groups excluding carboxylic acids is 1. The fourth-order valence-electron chi connectivity index (χ4n) is 3.98. The zero-order valence-electron chi connectivity index (χ0n) is 18.8. The van der Waals surface area contributed by atoms with E-state index in [1.54, 1.807) is 11.8 Å². The first-order chi connectivity index (χ1) is 13.5. The second-order valence-electron chi connectivity index (χ2n) is 9.26. The molecule has 0 amide bonds. The predicted octanol–water partition coefficient (Wildman–Crippen LogP) is 5.71. The van der Waals surface area contributed by atoms with Crippen molar-refractivity contribution in [2.45, 2.75) is 76.5 Å². The van der Waals surface area contributed by atoms with E-state index in [1.165, 1.54) is 12.7 Å². The number of thioether (sulfide) groups is 1. The number of unbranched alkanes of at least 4 members (excludes halogenated alkanes) is 1. The molecular formula is C24H37NO3S. The molecule has 0 aliphatic heterocycles. The van der Waals surface area contributed by atoms with Gasteiger partial charge in [-0.15, -0.1) is 11.8 Å². The van der Waals surface area contributed by atoms with Crippen LogP contribution in [0.3, 0.4) is 0 Å². The predicted molar refractivity (Wildman–Crippen MR) is 122 cm³/mol. The highest BCUT2D eigenvalue weighted by molar-refractivity contribution is 8.01. The minimum Gasteiger partial charge on any atom is -0.468 e. The summed E-state index contributed by atoms with van der Waals surface area (Å²) in [5.74, 6) is 0.719. The van der Waals surface area contributed by atoms with Gasteiger partial charge in [-0.2, -0.15) is 0 Å². The molecular weight excluding hydrogens is 382 g/mol. The summed E-state index contributed by atoms with van der Waals surface area (Å²) in [6.45, 7) is 18.1. The maximum absolute atomic E-state index is 12.7. The van der Waals surface area contributed by atoms with E-state index in [-0.39, 0.29) is 23.9 Å². The molecule has 1 rings (SSSR count). The summed E-state index contributed by atoms with van der Waals surface area (Å²) in [6, 6.07) is 10.3. The molecule has 5 heteroatoms. The van der Waals surface area contributed by atoms with Crippen LogP contribution in [0.4, 0.5) is 0 Å². The first kappa shape index (κ1) is 25.5. The van der Waals surface area contributed by atoms with Gasteiger partial charge in [0.2, 0.25) is 5.54 Å². The van der Waals surface area contributed by atoms with Crippen molar-refractivity contribution in [3.63, 3.8) is 0 Å². The average Bonchev–Trinajstić information content (AvgIpc) is 2.69. The molecule has 4 nitrogen and oxygen atoms in total. The molecule has 0 saturated heterocycles. The fraction of sp³-hybridized carbons (Fsp3) is 0.667. The molecule has 1 N–H and O–H groups in total. The van der Waals surface area contributed by atoms with E-state index in [0.717, 1.165) is 25.0 Å². The number of methoxy groups -OCH3 is 1. The molecule has 1 aromatic rings. The molecule has 29 heavy (non-hydrogen) atoms. The van der Waals surface area contributed by atoms with Gasteiger partial charge in [-0.3, -0.25) is 4.79 Å². The van der Waals surface area contributed by atoms with Crippen molar-refractivity contribution in [2.24, 2.45) is 5.41 Å². The lowest BCUT2D eigenvalue weighted by Crippen LogP contribution is -2.41. The molecule has 162 valence electrons. The van der Waals surface area contributed by atoms with E-state index in [0.29, 0.717) is 6.42 Å². The Kier molecular flexibility index (Phi) is 9.71. The van der Waals surface area contributed by atoms with Crippen molar-refractivity contribution in [3.05, 3.63) is 47.3 Å². The average molecular weight is 420 g/mol. The lowest BCUT2D eigenvalue weighted by molar-refractivity contribution is -0.144. The first-order valence-electron chi connectivity index (χ1n) is 10.3. The highest BCUT2D eigenvalue weighted by atomic mass is 32.2. The number of rotatable bonds is 12. The summed E-state index contributed by atoms with van der Waals surface area (Å²) in [6.07, 6.45) is 2.96. The van der Waals surface area contributed by atoms with Gasteiger partial charge >= 0.3 is 5.97 Å². The maximum atomic E-state index is 12.7. The van der Waals surface area contributed by atoms with Crippen LogP contribution >= 0.6 is 11.8 Å². The van der Waals surface area contributed by atoms with Crippen LogP contribution in [0.25, 0.3) is 4.85 Å². The van der Waals surface area contributed by atoms with Gasteiger partial charge in [0.25, 0.3) is 0 Å². The number of esters is 1. The summed E-state index contributed by atoms with van der Waals surface area (Å²) >= 11 is 1.61. The summed E-state index contributed by atoms with van der Waals surface area (Å²) < 4.78 is 4.49. The number of aliphatic hydroxyl groups excluding tert-OH is 1. The Morgan fingerprint density at radius 2 is 1.79 bits per heavy atom. The van der Waals surface area contributed by atoms with Gasteiger partial charge in [-0.25, -0.2) is 6.57 Å². The summed E-state index contributed by atoms with van der Waals surface area (Å²) in [5.41, 5.74) is 0.496. The molecule has 0 bridgehead atoms. The third kappa shape index (κ3) is 7.68. The quantitative estimate of drug-likeness (QED) is 0.268. The van der Waals surface area contributed by atoms with Gasteiger partial charge in [-0.1, -0.05) is 44.2 Å². The van der Waals surface area contributed by atoms with Crippen LogP contribution in [-0.4, -0.2) is 40.8 Å². The molecule has 0 fully saturated rings. The highest BCUT2D eigenvalue weighted by Gasteiger charge is 2.45. The van der Waals surface area contributed by atoms with E-state index in [4.69, 9.17) is 16.4 Å². The minimum absolute atomic E-state index is 0.134. The lowest BCUT2D eigenvalue weighted by Gasteiger charge is -2.41. The van der Waals surface area contributed by atoms with Crippen molar-refractivity contribution in [2.75, 3.05) is 19.5 Å². The number of nitrogens with zero attached hydrogens (tertiary/aromatic N) is 1. The smallest absolute Gasteiger partial charge is 0.321 e. The summed E-state index contributed by atoms with van der Waals surface area (Å²) in [4.78, 5) is 16.6. The normalized spacial score (nSPS) is 15.2. The summed E-state index contributed by atoms with van der Waals surface area (Å²) in [7, 11) is 1.44. The van der Waals surface area contributed by atoms with Crippen molar-refractivity contribution in [1.29, 1.82) is 0 Å². The largest absolute Gasteiger partial charge is 0.468 e. The Hall–Kier alpha value is -1.51. The fourth-order valence-corrected chi connectivity index (χ4v) is 5.45. The third-order valence-corrected chi connectivity index (χ3v) is 6.98. The number of aliphatic hydroxyl groups is 1. The van der Waals surface area contributed by atoms with E-state index in [2.05, 4.69) is 30.8 Å². The van der Waals surface area contributed by atoms with Crippen LogP contribution in [-0.2, 0) is 9.53 Å². The molecule has 0 aliphatic carbocycles. The summed E-state index contributed by atoms with van der Waals surface area (Å²) in [5, 5.41) is 9.04. The molecule has 2 atom stereocenters. The van der Waals surface area contributed by atoms with Gasteiger partial charge in [0.1, 0.15) is 4.75 Å². The Labute approximate surface area is 181 Å². The van der Waals surface area contributed by atoms with Crippen LogP contribution in [0, 0.1) is 12.0 Å². The molecule has 2 unspecified atom stereocenters. The number of carbonyl (C=O) groups is 1. The number of hydrogen-bond acceptors (Lipinski definition) is 4. The Morgan fingerprint density at radius 3 is 2.31 bits per heavy atom. The SMILES string of the molecule is [C-]#[N+]C(C)(C)CC(c1ccccc1)C(C)(C)CC(C)(SCCCCO)C(=O)OC. The van der Waals surface area contributed by atoms with Crippen LogP contribution < -0.4 is 0 Å². The Morgan fingerprint density at radius 1 is 1.17 bits per heavy atom. The second-order valence-corrected chi connectivity index (χ2v) is 10.9. The minimum atomic E-state index is -0.678. The van der Waals surface area contributed by atoms with Crippen molar-refractivity contribution in [3.8, 4) is 0 Å². The van der Waals surface area contributed by atoms with Crippen LogP contribution in [0.1, 0.15) is 71.8 Å². The van der Waals surface area contributed by atoms with Crippen LogP contribution in [0.15, 0.2) is 30.3 Å². The van der Waals surface area contributed by atoms with Gasteiger partial charge in [0.15, 0.2) is 0 Å². The van der Waals surface area contributed by atoms with Crippen LogP contribution in [0.2, 0.25) is 0 Å². The van der Waals surface area contributed by atoms with Crippen LogP contribution in [0.5, 0.6) is 0 Å². The van der Waals surface area contributed by atoms with Gasteiger partial charge in [0.05, 0.1) is 7.11 Å². The van der Waals surface area contributed by atoms with Gasteiger partial charge in [-0.05, 0) is 48.8 Å². The third-order valence-electron chi connectivity index (χ3n) is 5.53. The van der Waals surface area contributed by atoms with Crippen molar-refractivity contribution in [1.82, 2.24) is 0 Å². The van der Waals surface area contributed by atoms with E-state index in [1.807, 2.05) is 39.0 Å². The molecule has 0 spiro atoms. The highest BCUT2D eigenvalue weighted by Crippen LogP contribution is 2.49. The van der Waals surface area contributed by atoms with Gasteiger partial charge < -0.3 is 14.7 Å². The maximum Gasteiger partial charge on any atom is 0.321 e. The molecule has 0 heterocycles. The topological polar surface area (TPSA) is 50.9 Å². The number of benzene rings is 1. The lowest BCUT2D eigenvalue weighted by atomic mass is 9.66. The molecule has 0 saturated carbocycles. The zero-order chi connectivity index (χ0) is 22.1. The van der Waals surface area contributed by atoms with E-state index >= 15 is 0 Å². The monoisotopic (exact) mass is 419 g/mol. The van der Waals surface area contributed by atoms with E-state index < -0.39 is 10.3 Å². The standard InChI is InChI=1S/C24H37NO3S/c1-22(2,18-24(5,21(27)28-7)29-16-12-11-15-26)20(17-23(3,4)25-6)19-13-9-8-10-14-19/h8-10,13-14,20,26H,11-12,15-18H2,1-5,7H3. The zero-order valence-corrected chi connectivity index (χ0v) is 19.6. The Bertz CT molecular complexity index is 681. The second kappa shape index (κ2) is 11.0. The number of ether oxygens (including phenoxy) is 1. The molecule has 1 aromatic carbocycles. The van der Waals surface area contributed by atoms with Gasteiger partial charge in [0, 0.05) is 26.9 Å². The van der Waals surface area contributed by atoms with E-state index in [9.17, 15) is 4.79 Å². The van der Waals surface area contributed by atoms with Crippen molar-refractivity contribution < 1.29 is 14.6 Å². The molecule has 0 aliphatic rings. The molecule has 0 aromatic heterocycles. The number of hydrogen-bond donors (Lipinski definition) is 1.